The highest BCUT2D eigenvalue weighted by molar-refractivity contribution is 5.92. The summed E-state index contributed by atoms with van der Waals surface area (Å²) in [6.07, 6.45) is -2.46. The van der Waals surface area contributed by atoms with Crippen molar-refractivity contribution in [3.8, 4) is 0 Å². The SMILES string of the molecule is Cc1c(NC2CCN(C(=O)c3ccccn3)C2)nn2c(C(F)(F)F)nnc2c1C. The second kappa shape index (κ2) is 6.98. The molecule has 0 radical (unpaired) electrons. The summed E-state index contributed by atoms with van der Waals surface area (Å²) >= 11 is 0. The number of halogens is 3. The summed E-state index contributed by atoms with van der Waals surface area (Å²) in [5, 5.41) is 14.2. The van der Waals surface area contributed by atoms with Crippen molar-refractivity contribution in [2.24, 2.45) is 0 Å². The lowest BCUT2D eigenvalue weighted by atomic mass is 10.1. The van der Waals surface area contributed by atoms with Crippen molar-refractivity contribution >= 4 is 17.4 Å². The van der Waals surface area contributed by atoms with Gasteiger partial charge in [-0.25, -0.2) is 0 Å². The van der Waals surface area contributed by atoms with Crippen LogP contribution in [0.3, 0.4) is 0 Å². The number of pyridine rings is 1. The van der Waals surface area contributed by atoms with Gasteiger partial charge in [0.25, 0.3) is 11.7 Å². The Morgan fingerprint density at radius 2 is 2.00 bits per heavy atom. The lowest BCUT2D eigenvalue weighted by Gasteiger charge is -2.18. The molecular formula is C18H18F3N7O. The molecule has 1 amide bonds. The van der Waals surface area contributed by atoms with Gasteiger partial charge in [0.05, 0.1) is 0 Å². The molecule has 4 heterocycles. The van der Waals surface area contributed by atoms with E-state index in [1.165, 1.54) is 0 Å². The summed E-state index contributed by atoms with van der Waals surface area (Å²) in [6, 6.07) is 4.99. The van der Waals surface area contributed by atoms with Crippen LogP contribution in [-0.2, 0) is 6.18 Å². The number of carbonyl (C=O) groups is 1. The van der Waals surface area contributed by atoms with Crippen molar-refractivity contribution in [2.75, 3.05) is 18.4 Å². The fraction of sp³-hybridized carbons (Fsp3) is 0.389. The third kappa shape index (κ3) is 3.47. The number of aryl methyl sites for hydroxylation is 1. The normalized spacial score (nSPS) is 17.1. The number of alkyl halides is 3. The van der Waals surface area contributed by atoms with Crippen molar-refractivity contribution in [1.82, 2.24) is 29.7 Å². The van der Waals surface area contributed by atoms with E-state index in [4.69, 9.17) is 0 Å². The third-order valence-electron chi connectivity index (χ3n) is 5.05. The largest absolute Gasteiger partial charge is 0.453 e. The molecular weight excluding hydrogens is 387 g/mol. The van der Waals surface area contributed by atoms with Crippen LogP contribution in [0.15, 0.2) is 24.4 Å². The van der Waals surface area contributed by atoms with Gasteiger partial charge in [-0.3, -0.25) is 9.78 Å². The molecule has 1 saturated heterocycles. The van der Waals surface area contributed by atoms with Crippen LogP contribution in [0.1, 0.15) is 33.9 Å². The molecule has 1 unspecified atom stereocenters. The predicted octanol–water partition coefficient (Wildman–Crippen LogP) is 2.48. The number of hydrogen-bond acceptors (Lipinski definition) is 6. The molecule has 1 aliphatic rings. The van der Waals surface area contributed by atoms with Crippen molar-refractivity contribution in [1.29, 1.82) is 0 Å². The van der Waals surface area contributed by atoms with Crippen molar-refractivity contribution < 1.29 is 18.0 Å². The Morgan fingerprint density at radius 3 is 2.69 bits per heavy atom. The predicted molar refractivity (Wildman–Crippen MR) is 97.4 cm³/mol. The first-order valence-corrected chi connectivity index (χ1v) is 9.02. The minimum absolute atomic E-state index is 0.0683. The molecule has 29 heavy (non-hydrogen) atoms. The number of nitrogens with one attached hydrogen (secondary N) is 1. The molecule has 1 fully saturated rings. The van der Waals surface area contributed by atoms with Crippen LogP contribution in [0, 0.1) is 13.8 Å². The molecule has 3 aromatic heterocycles. The highest BCUT2D eigenvalue weighted by Gasteiger charge is 2.38. The summed E-state index contributed by atoms with van der Waals surface area (Å²) in [4.78, 5) is 18.3. The van der Waals surface area contributed by atoms with Gasteiger partial charge in [0.1, 0.15) is 5.69 Å². The zero-order valence-corrected chi connectivity index (χ0v) is 15.7. The van der Waals surface area contributed by atoms with Crippen LogP contribution in [0.2, 0.25) is 0 Å². The molecule has 0 bridgehead atoms. The first kappa shape index (κ1) is 19.1. The Hall–Kier alpha value is -3.24. The number of nitrogens with zero attached hydrogens (tertiary/aromatic N) is 6. The van der Waals surface area contributed by atoms with Crippen LogP contribution in [-0.4, -0.2) is 54.7 Å². The maximum atomic E-state index is 13.2. The summed E-state index contributed by atoms with van der Waals surface area (Å²) in [6.45, 7) is 4.37. The third-order valence-corrected chi connectivity index (χ3v) is 5.05. The van der Waals surface area contributed by atoms with E-state index < -0.39 is 12.0 Å². The number of carbonyl (C=O) groups excluding carboxylic acids is 1. The second-order valence-corrected chi connectivity index (χ2v) is 6.95. The van der Waals surface area contributed by atoms with E-state index >= 15 is 0 Å². The molecule has 3 aromatic rings. The standard InChI is InChI=1S/C18H18F3N7O/c1-10-11(2)15-24-25-17(18(19,20)21)28(15)26-14(10)23-12-6-8-27(9-12)16(29)13-5-3-4-7-22-13/h3-5,7,12H,6,8-9H2,1-2H3,(H,23,26). The molecule has 1 atom stereocenters. The number of likely N-dealkylation sites (tertiary alicyclic amines) is 1. The van der Waals surface area contributed by atoms with Gasteiger partial charge < -0.3 is 10.2 Å². The maximum Gasteiger partial charge on any atom is 0.453 e. The van der Waals surface area contributed by atoms with Gasteiger partial charge in [-0.1, -0.05) is 6.07 Å². The van der Waals surface area contributed by atoms with Crippen LogP contribution in [0.4, 0.5) is 19.0 Å². The Morgan fingerprint density at radius 1 is 1.21 bits per heavy atom. The first-order valence-electron chi connectivity index (χ1n) is 9.02. The van der Waals surface area contributed by atoms with Gasteiger partial charge in [0.2, 0.25) is 0 Å². The average molecular weight is 405 g/mol. The fourth-order valence-electron chi connectivity index (χ4n) is 3.35. The van der Waals surface area contributed by atoms with Crippen molar-refractivity contribution in [3.63, 3.8) is 0 Å². The molecule has 11 heteroatoms. The number of hydrogen-bond donors (Lipinski definition) is 1. The molecule has 8 nitrogen and oxygen atoms in total. The van der Waals surface area contributed by atoms with Gasteiger partial charge >= 0.3 is 6.18 Å². The van der Waals surface area contributed by atoms with Crippen molar-refractivity contribution in [3.05, 3.63) is 47.0 Å². The number of fused-ring (bicyclic) bond motifs is 1. The molecule has 4 rings (SSSR count). The molecule has 152 valence electrons. The lowest BCUT2D eigenvalue weighted by molar-refractivity contribution is -0.146. The van der Waals surface area contributed by atoms with Crippen LogP contribution >= 0.6 is 0 Å². The Kier molecular flexibility index (Phi) is 4.59. The Balaban J connectivity index is 1.57. The van der Waals surface area contributed by atoms with Crippen LogP contribution < -0.4 is 5.32 Å². The zero-order chi connectivity index (χ0) is 20.8. The molecule has 0 saturated carbocycles. The topological polar surface area (TPSA) is 88.3 Å². The lowest BCUT2D eigenvalue weighted by Crippen LogP contribution is -2.32. The molecule has 0 aliphatic carbocycles. The quantitative estimate of drug-likeness (QED) is 0.720. The maximum absolute atomic E-state index is 13.2. The summed E-state index contributed by atoms with van der Waals surface area (Å²) in [7, 11) is 0. The molecule has 0 aromatic carbocycles. The summed E-state index contributed by atoms with van der Waals surface area (Å²) in [5.41, 5.74) is 1.68. The van der Waals surface area contributed by atoms with E-state index in [0.29, 0.717) is 42.1 Å². The van der Waals surface area contributed by atoms with E-state index in [1.54, 1.807) is 43.1 Å². The van der Waals surface area contributed by atoms with Gasteiger partial charge in [-0.05, 0) is 38.0 Å². The van der Waals surface area contributed by atoms with E-state index in [1.807, 2.05) is 0 Å². The number of rotatable bonds is 3. The first-order chi connectivity index (χ1) is 13.8. The van der Waals surface area contributed by atoms with Crippen molar-refractivity contribution in [2.45, 2.75) is 32.5 Å². The number of aromatic nitrogens is 5. The average Bonchev–Trinajstić information content (AvgIpc) is 3.33. The minimum atomic E-state index is -4.66. The Labute approximate surface area is 163 Å². The highest BCUT2D eigenvalue weighted by Crippen LogP contribution is 2.30. The molecule has 1 N–H and O–H groups in total. The second-order valence-electron chi connectivity index (χ2n) is 6.95. The van der Waals surface area contributed by atoms with Gasteiger partial charge in [-0.2, -0.15) is 17.7 Å². The number of anilines is 1. The van der Waals surface area contributed by atoms with E-state index in [0.717, 1.165) is 4.52 Å². The molecule has 0 spiro atoms. The van der Waals surface area contributed by atoms with E-state index in [9.17, 15) is 18.0 Å². The zero-order valence-electron chi connectivity index (χ0n) is 15.7. The Bertz CT molecular complexity index is 1060. The highest BCUT2D eigenvalue weighted by atomic mass is 19.4. The number of amides is 1. The van der Waals surface area contributed by atoms with Gasteiger partial charge in [0.15, 0.2) is 11.5 Å². The summed E-state index contributed by atoms with van der Waals surface area (Å²) in [5.74, 6) is -1.03. The fourth-order valence-corrected chi connectivity index (χ4v) is 3.35. The minimum Gasteiger partial charge on any atom is -0.364 e. The van der Waals surface area contributed by atoms with E-state index in [2.05, 4.69) is 25.6 Å². The van der Waals surface area contributed by atoms with E-state index in [-0.39, 0.29) is 17.6 Å². The monoisotopic (exact) mass is 405 g/mol. The summed E-state index contributed by atoms with van der Waals surface area (Å²) < 4.78 is 40.3. The smallest absolute Gasteiger partial charge is 0.364 e. The van der Waals surface area contributed by atoms with Crippen LogP contribution in [0.25, 0.3) is 5.65 Å². The van der Waals surface area contributed by atoms with Gasteiger partial charge in [-0.15, -0.1) is 15.3 Å². The van der Waals surface area contributed by atoms with Crippen LogP contribution in [0.5, 0.6) is 0 Å². The van der Waals surface area contributed by atoms with Gasteiger partial charge in [0, 0.05) is 30.9 Å². The molecule has 1 aliphatic heterocycles.